The molecule has 84 valence electrons. The Kier molecular flexibility index (Phi) is 2.77. The van der Waals surface area contributed by atoms with Gasteiger partial charge in [-0.15, -0.1) is 0 Å². The van der Waals surface area contributed by atoms with Gasteiger partial charge in [-0.1, -0.05) is 26.0 Å². The van der Waals surface area contributed by atoms with Gasteiger partial charge in [0.2, 0.25) is 0 Å². The van der Waals surface area contributed by atoms with Crippen LogP contribution in [0, 0.1) is 12.7 Å². The van der Waals surface area contributed by atoms with Crippen molar-refractivity contribution in [2.75, 3.05) is 0 Å². The second-order valence-corrected chi connectivity index (χ2v) is 4.23. The molecular weight excluding hydrogens is 203 g/mol. The van der Waals surface area contributed by atoms with Crippen LogP contribution < -0.4 is 0 Å². The summed E-state index contributed by atoms with van der Waals surface area (Å²) in [6.45, 7) is 6.07. The predicted octanol–water partition coefficient (Wildman–Crippen LogP) is 3.44. The molecule has 16 heavy (non-hydrogen) atoms. The Labute approximate surface area is 94.7 Å². The molecule has 0 saturated carbocycles. The molecule has 0 bridgehead atoms. The summed E-state index contributed by atoms with van der Waals surface area (Å²) in [5, 5.41) is 4.34. The number of aromatic nitrogens is 2. The maximum atomic E-state index is 13.7. The molecule has 1 aromatic carbocycles. The zero-order valence-corrected chi connectivity index (χ0v) is 9.74. The molecule has 0 unspecified atom stereocenters. The largest absolute Gasteiger partial charge is 0.234 e. The van der Waals surface area contributed by atoms with E-state index in [1.54, 1.807) is 16.8 Å². The van der Waals surface area contributed by atoms with E-state index in [4.69, 9.17) is 0 Å². The lowest BCUT2D eigenvalue weighted by atomic mass is 10.1. The Balaban J connectivity index is 2.60. The van der Waals surface area contributed by atoms with Crippen molar-refractivity contribution in [2.24, 2.45) is 0 Å². The lowest BCUT2D eigenvalue weighted by Crippen LogP contribution is -2.05. The van der Waals surface area contributed by atoms with Crippen molar-refractivity contribution in [3.63, 3.8) is 0 Å². The molecule has 2 rings (SSSR count). The molecule has 0 aliphatic heterocycles. The van der Waals surface area contributed by atoms with Crippen LogP contribution in [0.2, 0.25) is 0 Å². The van der Waals surface area contributed by atoms with Crippen molar-refractivity contribution in [2.45, 2.75) is 26.7 Å². The Morgan fingerprint density at radius 1 is 1.25 bits per heavy atom. The molecule has 0 amide bonds. The molecule has 0 saturated heterocycles. The fraction of sp³-hybridized carbons (Fsp3) is 0.308. The number of benzene rings is 1. The fourth-order valence-electron chi connectivity index (χ4n) is 1.75. The number of halogens is 1. The third kappa shape index (κ3) is 1.85. The van der Waals surface area contributed by atoms with Crippen molar-refractivity contribution in [1.29, 1.82) is 0 Å². The van der Waals surface area contributed by atoms with Gasteiger partial charge in [-0.2, -0.15) is 5.10 Å². The van der Waals surface area contributed by atoms with E-state index < -0.39 is 0 Å². The van der Waals surface area contributed by atoms with Crippen LogP contribution in [0.4, 0.5) is 4.39 Å². The minimum atomic E-state index is -0.243. The summed E-state index contributed by atoms with van der Waals surface area (Å²) >= 11 is 0. The van der Waals surface area contributed by atoms with Crippen molar-refractivity contribution in [1.82, 2.24) is 9.78 Å². The highest BCUT2D eigenvalue weighted by Crippen LogP contribution is 2.21. The van der Waals surface area contributed by atoms with E-state index in [1.165, 1.54) is 6.07 Å². The number of aryl methyl sites for hydroxylation is 1. The summed E-state index contributed by atoms with van der Waals surface area (Å²) in [6.07, 6.45) is 0. The lowest BCUT2D eigenvalue weighted by molar-refractivity contribution is 0.601. The average molecular weight is 218 g/mol. The average Bonchev–Trinajstić information content (AvgIpc) is 2.61. The smallest absolute Gasteiger partial charge is 0.148 e. The van der Waals surface area contributed by atoms with E-state index in [9.17, 15) is 4.39 Å². The molecule has 2 aromatic rings. The standard InChI is InChI=1S/C13H15FN2/c1-9(2)13-8-10(3)15-16(13)12-7-5-4-6-11(12)14/h4-9H,1-3H3. The molecule has 0 N–H and O–H groups in total. The van der Waals surface area contributed by atoms with Gasteiger partial charge in [0.25, 0.3) is 0 Å². The highest BCUT2D eigenvalue weighted by atomic mass is 19.1. The number of rotatable bonds is 2. The Morgan fingerprint density at radius 2 is 1.94 bits per heavy atom. The highest BCUT2D eigenvalue weighted by Gasteiger charge is 2.13. The van der Waals surface area contributed by atoms with Gasteiger partial charge < -0.3 is 0 Å². The van der Waals surface area contributed by atoms with Crippen LogP contribution in [-0.2, 0) is 0 Å². The maximum Gasteiger partial charge on any atom is 0.148 e. The zero-order chi connectivity index (χ0) is 11.7. The SMILES string of the molecule is Cc1cc(C(C)C)n(-c2ccccc2F)n1. The molecule has 0 aliphatic rings. The molecule has 0 aliphatic carbocycles. The molecular formula is C13H15FN2. The van der Waals surface area contributed by atoms with Crippen LogP contribution in [0.25, 0.3) is 5.69 Å². The number of para-hydroxylation sites is 1. The summed E-state index contributed by atoms with van der Waals surface area (Å²) in [4.78, 5) is 0. The fourth-order valence-corrected chi connectivity index (χ4v) is 1.75. The zero-order valence-electron chi connectivity index (χ0n) is 9.74. The normalized spacial score (nSPS) is 11.1. The first-order chi connectivity index (χ1) is 7.59. The van der Waals surface area contributed by atoms with Crippen molar-refractivity contribution in [3.05, 3.63) is 47.5 Å². The molecule has 0 radical (unpaired) electrons. The third-order valence-electron chi connectivity index (χ3n) is 2.53. The van der Waals surface area contributed by atoms with Crippen LogP contribution in [-0.4, -0.2) is 9.78 Å². The monoisotopic (exact) mass is 218 g/mol. The van der Waals surface area contributed by atoms with Crippen LogP contribution >= 0.6 is 0 Å². The first-order valence-corrected chi connectivity index (χ1v) is 5.41. The Hall–Kier alpha value is -1.64. The maximum absolute atomic E-state index is 13.7. The molecule has 1 aromatic heterocycles. The van der Waals surface area contributed by atoms with E-state index in [2.05, 4.69) is 18.9 Å². The van der Waals surface area contributed by atoms with Gasteiger partial charge >= 0.3 is 0 Å². The molecule has 2 nitrogen and oxygen atoms in total. The quantitative estimate of drug-likeness (QED) is 0.755. The summed E-state index contributed by atoms with van der Waals surface area (Å²) in [7, 11) is 0. The number of hydrogen-bond donors (Lipinski definition) is 0. The van der Waals surface area contributed by atoms with Crippen LogP contribution in [0.3, 0.4) is 0 Å². The first-order valence-electron chi connectivity index (χ1n) is 5.41. The highest BCUT2D eigenvalue weighted by molar-refractivity contribution is 5.35. The molecule has 0 fully saturated rings. The number of hydrogen-bond acceptors (Lipinski definition) is 1. The van der Waals surface area contributed by atoms with Gasteiger partial charge in [0.15, 0.2) is 0 Å². The minimum Gasteiger partial charge on any atom is -0.234 e. The van der Waals surface area contributed by atoms with Crippen molar-refractivity contribution in [3.8, 4) is 5.69 Å². The van der Waals surface area contributed by atoms with Gasteiger partial charge in [-0.05, 0) is 31.0 Å². The summed E-state index contributed by atoms with van der Waals surface area (Å²) in [5.41, 5.74) is 2.45. The molecule has 0 atom stereocenters. The van der Waals surface area contributed by atoms with E-state index in [1.807, 2.05) is 19.1 Å². The lowest BCUT2D eigenvalue weighted by Gasteiger charge is -2.10. The van der Waals surface area contributed by atoms with Crippen LogP contribution in [0.1, 0.15) is 31.2 Å². The van der Waals surface area contributed by atoms with E-state index in [-0.39, 0.29) is 5.82 Å². The molecule has 1 heterocycles. The third-order valence-corrected chi connectivity index (χ3v) is 2.53. The molecule has 0 spiro atoms. The van der Waals surface area contributed by atoms with E-state index in [0.717, 1.165) is 11.4 Å². The van der Waals surface area contributed by atoms with Gasteiger partial charge in [0, 0.05) is 5.69 Å². The van der Waals surface area contributed by atoms with Crippen molar-refractivity contribution < 1.29 is 4.39 Å². The Bertz CT molecular complexity index is 500. The predicted molar refractivity (Wildman–Crippen MR) is 62.3 cm³/mol. The van der Waals surface area contributed by atoms with E-state index in [0.29, 0.717) is 11.6 Å². The second-order valence-electron chi connectivity index (χ2n) is 4.23. The van der Waals surface area contributed by atoms with Crippen LogP contribution in [0.5, 0.6) is 0 Å². The van der Waals surface area contributed by atoms with Crippen LogP contribution in [0.15, 0.2) is 30.3 Å². The molecule has 3 heteroatoms. The summed E-state index contributed by atoms with van der Waals surface area (Å²) in [6, 6.07) is 8.70. The van der Waals surface area contributed by atoms with Gasteiger partial charge in [0.1, 0.15) is 11.5 Å². The van der Waals surface area contributed by atoms with Gasteiger partial charge in [0.05, 0.1) is 5.69 Å². The van der Waals surface area contributed by atoms with Gasteiger partial charge in [-0.25, -0.2) is 9.07 Å². The minimum absolute atomic E-state index is 0.243. The first kappa shape index (κ1) is 10.9. The number of nitrogens with zero attached hydrogens (tertiary/aromatic N) is 2. The van der Waals surface area contributed by atoms with Crippen molar-refractivity contribution >= 4 is 0 Å². The summed E-state index contributed by atoms with van der Waals surface area (Å²) in [5.74, 6) is 0.0771. The van der Waals surface area contributed by atoms with Gasteiger partial charge in [-0.3, -0.25) is 0 Å². The summed E-state index contributed by atoms with van der Waals surface area (Å²) < 4.78 is 15.4. The topological polar surface area (TPSA) is 17.8 Å². The Morgan fingerprint density at radius 3 is 2.56 bits per heavy atom. The van der Waals surface area contributed by atoms with E-state index >= 15 is 0 Å². The second kappa shape index (κ2) is 4.08.